The number of hydrogen-bond donors (Lipinski definition) is 0. The molecule has 2 aliphatic carbocycles. The van der Waals surface area contributed by atoms with Crippen molar-refractivity contribution >= 4 is 11.9 Å². The summed E-state index contributed by atoms with van der Waals surface area (Å²) < 4.78 is 9.89. The highest BCUT2D eigenvalue weighted by molar-refractivity contribution is 5.96. The average Bonchev–Trinajstić information content (AvgIpc) is 2.67. The molecule has 100 valence electrons. The fraction of sp³-hybridized carbons (Fsp3) is 0.333. The zero-order valence-corrected chi connectivity index (χ0v) is 11.0. The van der Waals surface area contributed by atoms with Gasteiger partial charge in [-0.15, -0.1) is 0 Å². The van der Waals surface area contributed by atoms with Gasteiger partial charge in [0.1, 0.15) is 5.41 Å². The second-order valence-corrected chi connectivity index (χ2v) is 4.40. The van der Waals surface area contributed by atoms with Crippen molar-refractivity contribution in [2.75, 3.05) is 13.7 Å². The Morgan fingerprint density at radius 3 is 2.79 bits per heavy atom. The zero-order chi connectivity index (χ0) is 13.9. The molecule has 2 rings (SSSR count). The summed E-state index contributed by atoms with van der Waals surface area (Å²) in [7, 11) is 1.33. The number of carbonyl (C=O) groups excluding carboxylic acids is 2. The number of hydrogen-bond acceptors (Lipinski definition) is 4. The summed E-state index contributed by atoms with van der Waals surface area (Å²) in [5.41, 5.74) is 0.348. The van der Waals surface area contributed by atoms with E-state index in [0.29, 0.717) is 12.2 Å². The van der Waals surface area contributed by atoms with E-state index in [1.807, 2.05) is 18.2 Å². The highest BCUT2D eigenvalue weighted by Gasteiger charge is 2.46. The van der Waals surface area contributed by atoms with Crippen LogP contribution in [0.4, 0.5) is 0 Å². The van der Waals surface area contributed by atoms with Crippen LogP contribution in [0.3, 0.4) is 0 Å². The monoisotopic (exact) mass is 260 g/mol. The molecule has 1 unspecified atom stereocenters. The third-order valence-corrected chi connectivity index (χ3v) is 3.28. The maximum atomic E-state index is 12.3. The predicted molar refractivity (Wildman–Crippen MR) is 70.1 cm³/mol. The summed E-state index contributed by atoms with van der Waals surface area (Å²) >= 11 is 0. The number of carbonyl (C=O) groups is 2. The van der Waals surface area contributed by atoms with Crippen molar-refractivity contribution in [2.24, 2.45) is 5.41 Å². The van der Waals surface area contributed by atoms with Crippen molar-refractivity contribution in [3.63, 3.8) is 0 Å². The lowest BCUT2D eigenvalue weighted by atomic mass is 9.80. The topological polar surface area (TPSA) is 52.6 Å². The molecule has 0 fully saturated rings. The van der Waals surface area contributed by atoms with Crippen LogP contribution < -0.4 is 0 Å². The lowest BCUT2D eigenvalue weighted by Gasteiger charge is -2.24. The Labute approximate surface area is 112 Å². The molecule has 0 heterocycles. The van der Waals surface area contributed by atoms with Crippen molar-refractivity contribution in [1.82, 2.24) is 0 Å². The Kier molecular flexibility index (Phi) is 3.69. The van der Waals surface area contributed by atoms with Crippen molar-refractivity contribution in [2.45, 2.75) is 13.3 Å². The summed E-state index contributed by atoms with van der Waals surface area (Å²) in [4.78, 5) is 23.9. The lowest BCUT2D eigenvalue weighted by molar-refractivity contribution is -0.150. The first-order valence-electron chi connectivity index (χ1n) is 6.17. The number of allylic oxidation sites excluding steroid dienone is 5. The van der Waals surface area contributed by atoms with E-state index in [4.69, 9.17) is 9.47 Å². The maximum Gasteiger partial charge on any atom is 0.333 e. The van der Waals surface area contributed by atoms with Gasteiger partial charge in [0.05, 0.1) is 13.7 Å². The Bertz CT molecular complexity index is 522. The minimum absolute atomic E-state index is 0.280. The van der Waals surface area contributed by atoms with Crippen LogP contribution in [0, 0.1) is 5.41 Å². The number of ether oxygens (including phenoxy) is 2. The van der Waals surface area contributed by atoms with E-state index in [-0.39, 0.29) is 12.4 Å². The van der Waals surface area contributed by atoms with Crippen molar-refractivity contribution in [1.29, 1.82) is 0 Å². The van der Waals surface area contributed by atoms with E-state index >= 15 is 0 Å². The standard InChI is InChI=1S/C15H16O4/c1-3-19-14(17)15-8-6-4-5-7-12(15)9-11(10-15)13(16)18-2/h4-9H,3,10H2,1-2H3. The molecular formula is C15H16O4. The van der Waals surface area contributed by atoms with Crippen LogP contribution in [0.15, 0.2) is 47.6 Å². The predicted octanol–water partition coefficient (Wildman–Crippen LogP) is 2.09. The van der Waals surface area contributed by atoms with E-state index in [1.165, 1.54) is 7.11 Å². The van der Waals surface area contributed by atoms with Crippen molar-refractivity contribution in [3.8, 4) is 0 Å². The SMILES string of the molecule is CCOC(=O)C12C=CC=CC=C1C=C(C(=O)OC)C2. The highest BCUT2D eigenvalue weighted by Crippen LogP contribution is 2.45. The molecule has 0 saturated heterocycles. The van der Waals surface area contributed by atoms with Crippen LogP contribution in [-0.2, 0) is 19.1 Å². The molecular weight excluding hydrogens is 244 g/mol. The molecule has 4 heteroatoms. The maximum absolute atomic E-state index is 12.3. The summed E-state index contributed by atoms with van der Waals surface area (Å²) in [5.74, 6) is -0.744. The third-order valence-electron chi connectivity index (χ3n) is 3.28. The average molecular weight is 260 g/mol. The quantitative estimate of drug-likeness (QED) is 0.729. The first-order valence-corrected chi connectivity index (χ1v) is 6.17. The Morgan fingerprint density at radius 2 is 2.11 bits per heavy atom. The molecule has 0 aromatic rings. The van der Waals surface area contributed by atoms with Gasteiger partial charge in [0.15, 0.2) is 0 Å². The molecule has 0 bridgehead atoms. The Balaban J connectivity index is 2.41. The molecule has 0 aliphatic heterocycles. The van der Waals surface area contributed by atoms with Gasteiger partial charge >= 0.3 is 11.9 Å². The van der Waals surface area contributed by atoms with Gasteiger partial charge in [-0.25, -0.2) is 4.79 Å². The smallest absolute Gasteiger partial charge is 0.333 e. The van der Waals surface area contributed by atoms with Gasteiger partial charge in [-0.05, 0) is 18.6 Å². The van der Waals surface area contributed by atoms with Crippen LogP contribution >= 0.6 is 0 Å². The lowest BCUT2D eigenvalue weighted by Crippen LogP contribution is -2.31. The van der Waals surface area contributed by atoms with Crippen LogP contribution in [0.1, 0.15) is 13.3 Å². The molecule has 0 aromatic heterocycles. The van der Waals surface area contributed by atoms with Crippen molar-refractivity contribution in [3.05, 3.63) is 47.6 Å². The largest absolute Gasteiger partial charge is 0.466 e. The van der Waals surface area contributed by atoms with Crippen LogP contribution in [0.25, 0.3) is 0 Å². The molecule has 4 nitrogen and oxygen atoms in total. The fourth-order valence-electron chi connectivity index (χ4n) is 2.35. The second-order valence-electron chi connectivity index (χ2n) is 4.40. The normalized spacial score (nSPS) is 24.1. The molecule has 2 aliphatic rings. The Hall–Kier alpha value is -2.10. The summed E-state index contributed by atoms with van der Waals surface area (Å²) in [6.07, 6.45) is 11.1. The zero-order valence-electron chi connectivity index (χ0n) is 11.0. The van der Waals surface area contributed by atoms with E-state index in [9.17, 15) is 9.59 Å². The molecule has 0 radical (unpaired) electrons. The number of fused-ring (bicyclic) bond motifs is 1. The molecule has 19 heavy (non-hydrogen) atoms. The first-order chi connectivity index (χ1) is 9.14. The van der Waals surface area contributed by atoms with Crippen LogP contribution in [0.2, 0.25) is 0 Å². The highest BCUT2D eigenvalue weighted by atomic mass is 16.5. The minimum atomic E-state index is -0.900. The van der Waals surface area contributed by atoms with E-state index in [0.717, 1.165) is 5.57 Å². The van der Waals surface area contributed by atoms with Crippen LogP contribution in [-0.4, -0.2) is 25.7 Å². The van der Waals surface area contributed by atoms with Gasteiger partial charge in [-0.1, -0.05) is 30.4 Å². The summed E-state index contributed by atoms with van der Waals surface area (Å²) in [6, 6.07) is 0. The van der Waals surface area contributed by atoms with Gasteiger partial charge in [0, 0.05) is 12.0 Å². The van der Waals surface area contributed by atoms with Gasteiger partial charge in [-0.3, -0.25) is 4.79 Å². The third kappa shape index (κ3) is 2.26. The van der Waals surface area contributed by atoms with Gasteiger partial charge in [0.2, 0.25) is 0 Å². The van der Waals surface area contributed by atoms with Gasteiger partial charge in [-0.2, -0.15) is 0 Å². The molecule has 1 atom stereocenters. The van der Waals surface area contributed by atoms with E-state index < -0.39 is 11.4 Å². The second kappa shape index (κ2) is 5.26. The Morgan fingerprint density at radius 1 is 1.32 bits per heavy atom. The molecule has 0 N–H and O–H groups in total. The van der Waals surface area contributed by atoms with E-state index in [1.54, 1.807) is 25.2 Å². The minimum Gasteiger partial charge on any atom is -0.466 e. The molecule has 0 aromatic carbocycles. The molecule has 0 spiro atoms. The van der Waals surface area contributed by atoms with Gasteiger partial charge < -0.3 is 9.47 Å². The number of rotatable bonds is 3. The molecule has 0 saturated carbocycles. The van der Waals surface area contributed by atoms with E-state index in [2.05, 4.69) is 0 Å². The molecule has 0 amide bonds. The fourth-order valence-corrected chi connectivity index (χ4v) is 2.35. The van der Waals surface area contributed by atoms with Gasteiger partial charge in [0.25, 0.3) is 0 Å². The first kappa shape index (κ1) is 13.3. The summed E-state index contributed by atoms with van der Waals surface area (Å²) in [5, 5.41) is 0. The number of methoxy groups -OCH3 is 1. The summed E-state index contributed by atoms with van der Waals surface area (Å²) in [6.45, 7) is 2.07. The number of esters is 2. The van der Waals surface area contributed by atoms with Crippen LogP contribution in [0.5, 0.6) is 0 Å². The van der Waals surface area contributed by atoms with Crippen molar-refractivity contribution < 1.29 is 19.1 Å².